The molecule has 122 valence electrons. The summed E-state index contributed by atoms with van der Waals surface area (Å²) in [6.07, 6.45) is 4.90. The van der Waals surface area contributed by atoms with E-state index in [1.807, 2.05) is 4.68 Å². The van der Waals surface area contributed by atoms with Crippen LogP contribution in [0.3, 0.4) is 0 Å². The summed E-state index contributed by atoms with van der Waals surface area (Å²) >= 11 is 0. The Labute approximate surface area is 135 Å². The molecule has 1 N–H and O–H groups in total. The van der Waals surface area contributed by atoms with Crippen LogP contribution in [0.1, 0.15) is 30.3 Å². The molecule has 2 aliphatic rings. The van der Waals surface area contributed by atoms with Crippen LogP contribution in [-0.2, 0) is 25.9 Å². The molecule has 4 rings (SSSR count). The summed E-state index contributed by atoms with van der Waals surface area (Å²) in [5.74, 6) is 3.02. The summed E-state index contributed by atoms with van der Waals surface area (Å²) in [7, 11) is 1.73. The Morgan fingerprint density at radius 2 is 2.35 bits per heavy atom. The SMILES string of the molecule is COc1cc2c(cc1CN[C@H]1CCc3ncnn3C1)O[C@@H](C)C2. The minimum atomic E-state index is 0.252. The number of ether oxygens (including phenoxy) is 2. The maximum Gasteiger partial charge on any atom is 0.138 e. The summed E-state index contributed by atoms with van der Waals surface area (Å²) in [6, 6.07) is 4.64. The number of hydrogen-bond acceptors (Lipinski definition) is 5. The third kappa shape index (κ3) is 2.79. The van der Waals surface area contributed by atoms with Gasteiger partial charge in [0, 0.05) is 36.6 Å². The van der Waals surface area contributed by atoms with Gasteiger partial charge in [-0.2, -0.15) is 5.10 Å². The van der Waals surface area contributed by atoms with E-state index >= 15 is 0 Å². The Morgan fingerprint density at radius 1 is 1.43 bits per heavy atom. The van der Waals surface area contributed by atoms with Gasteiger partial charge in [0.25, 0.3) is 0 Å². The highest BCUT2D eigenvalue weighted by Gasteiger charge is 2.23. The van der Waals surface area contributed by atoms with Gasteiger partial charge in [0.15, 0.2) is 0 Å². The van der Waals surface area contributed by atoms with Crippen molar-refractivity contribution in [3.05, 3.63) is 35.4 Å². The van der Waals surface area contributed by atoms with Gasteiger partial charge in [0.2, 0.25) is 0 Å². The summed E-state index contributed by atoms with van der Waals surface area (Å²) < 4.78 is 13.4. The van der Waals surface area contributed by atoms with E-state index < -0.39 is 0 Å². The highest BCUT2D eigenvalue weighted by molar-refractivity contribution is 5.48. The quantitative estimate of drug-likeness (QED) is 0.931. The van der Waals surface area contributed by atoms with E-state index in [4.69, 9.17) is 9.47 Å². The van der Waals surface area contributed by atoms with Crippen LogP contribution < -0.4 is 14.8 Å². The molecule has 0 amide bonds. The van der Waals surface area contributed by atoms with Gasteiger partial charge in [-0.1, -0.05) is 0 Å². The zero-order chi connectivity index (χ0) is 15.8. The molecule has 2 atom stereocenters. The molecule has 0 spiro atoms. The first-order valence-corrected chi connectivity index (χ1v) is 8.19. The van der Waals surface area contributed by atoms with Gasteiger partial charge < -0.3 is 14.8 Å². The monoisotopic (exact) mass is 314 g/mol. The van der Waals surface area contributed by atoms with Crippen molar-refractivity contribution < 1.29 is 9.47 Å². The van der Waals surface area contributed by atoms with Crippen molar-refractivity contribution in [1.29, 1.82) is 0 Å². The number of benzene rings is 1. The zero-order valence-electron chi connectivity index (χ0n) is 13.6. The summed E-state index contributed by atoms with van der Waals surface area (Å²) in [4.78, 5) is 4.27. The molecule has 0 radical (unpaired) electrons. The van der Waals surface area contributed by atoms with E-state index in [0.717, 1.165) is 55.2 Å². The molecule has 0 bridgehead atoms. The van der Waals surface area contributed by atoms with Crippen molar-refractivity contribution in [2.24, 2.45) is 0 Å². The molecule has 1 aromatic carbocycles. The van der Waals surface area contributed by atoms with Crippen LogP contribution in [0, 0.1) is 0 Å². The molecule has 0 fully saturated rings. The molecule has 2 aromatic rings. The molecule has 0 unspecified atom stereocenters. The minimum Gasteiger partial charge on any atom is -0.496 e. The lowest BCUT2D eigenvalue weighted by Crippen LogP contribution is -2.37. The van der Waals surface area contributed by atoms with Gasteiger partial charge in [-0.3, -0.25) is 0 Å². The van der Waals surface area contributed by atoms with Crippen LogP contribution in [0.25, 0.3) is 0 Å². The van der Waals surface area contributed by atoms with Crippen LogP contribution in [0.15, 0.2) is 18.5 Å². The van der Waals surface area contributed by atoms with Crippen molar-refractivity contribution in [2.75, 3.05) is 7.11 Å². The number of aryl methyl sites for hydroxylation is 1. The minimum absolute atomic E-state index is 0.252. The molecule has 2 aliphatic heterocycles. The van der Waals surface area contributed by atoms with E-state index in [1.54, 1.807) is 13.4 Å². The Morgan fingerprint density at radius 3 is 3.22 bits per heavy atom. The number of methoxy groups -OCH3 is 1. The fourth-order valence-electron chi connectivity index (χ4n) is 3.47. The van der Waals surface area contributed by atoms with Crippen LogP contribution in [0.4, 0.5) is 0 Å². The second-order valence-electron chi connectivity index (χ2n) is 6.38. The summed E-state index contributed by atoms with van der Waals surface area (Å²) in [5, 5.41) is 7.89. The van der Waals surface area contributed by atoms with Crippen LogP contribution in [-0.4, -0.2) is 34.0 Å². The zero-order valence-corrected chi connectivity index (χ0v) is 13.6. The highest BCUT2D eigenvalue weighted by atomic mass is 16.5. The first kappa shape index (κ1) is 14.5. The molecule has 0 saturated heterocycles. The first-order chi connectivity index (χ1) is 11.2. The third-order valence-electron chi connectivity index (χ3n) is 4.69. The van der Waals surface area contributed by atoms with Crippen molar-refractivity contribution >= 4 is 0 Å². The standard InChI is InChI=1S/C17H22N4O2/c1-11-5-12-6-15(22-2)13(7-16(12)23-11)8-18-14-3-4-17-19-10-20-21(17)9-14/h6-7,10-11,14,18H,3-5,8-9H2,1-2H3/t11-,14-/m0/s1. The number of rotatable bonds is 4. The molecule has 23 heavy (non-hydrogen) atoms. The molecule has 6 heteroatoms. The second kappa shape index (κ2) is 5.85. The Bertz CT molecular complexity index is 713. The molecule has 3 heterocycles. The average Bonchev–Trinajstić information content (AvgIpc) is 3.15. The molecular formula is C17H22N4O2. The van der Waals surface area contributed by atoms with E-state index in [-0.39, 0.29) is 6.10 Å². The maximum absolute atomic E-state index is 5.87. The number of hydrogen-bond donors (Lipinski definition) is 1. The van der Waals surface area contributed by atoms with E-state index in [2.05, 4.69) is 34.5 Å². The van der Waals surface area contributed by atoms with E-state index in [9.17, 15) is 0 Å². The number of nitrogens with one attached hydrogen (secondary N) is 1. The summed E-state index contributed by atoms with van der Waals surface area (Å²) in [6.45, 7) is 3.74. The van der Waals surface area contributed by atoms with Crippen molar-refractivity contribution in [3.63, 3.8) is 0 Å². The maximum atomic E-state index is 5.87. The largest absolute Gasteiger partial charge is 0.496 e. The molecule has 0 saturated carbocycles. The predicted molar refractivity (Wildman–Crippen MR) is 85.8 cm³/mol. The van der Waals surface area contributed by atoms with Gasteiger partial charge in [0.1, 0.15) is 29.8 Å². The van der Waals surface area contributed by atoms with Crippen molar-refractivity contribution in [3.8, 4) is 11.5 Å². The van der Waals surface area contributed by atoms with Crippen LogP contribution in [0.5, 0.6) is 11.5 Å². The topological polar surface area (TPSA) is 61.2 Å². The van der Waals surface area contributed by atoms with Crippen LogP contribution >= 0.6 is 0 Å². The molecular weight excluding hydrogens is 292 g/mol. The lowest BCUT2D eigenvalue weighted by molar-refractivity contribution is 0.254. The lowest BCUT2D eigenvalue weighted by Gasteiger charge is -2.24. The smallest absolute Gasteiger partial charge is 0.138 e. The van der Waals surface area contributed by atoms with Gasteiger partial charge in [-0.05, 0) is 25.5 Å². The van der Waals surface area contributed by atoms with E-state index in [1.165, 1.54) is 5.56 Å². The van der Waals surface area contributed by atoms with Crippen molar-refractivity contribution in [1.82, 2.24) is 20.1 Å². The number of fused-ring (bicyclic) bond motifs is 2. The average molecular weight is 314 g/mol. The Balaban J connectivity index is 1.46. The Kier molecular flexibility index (Phi) is 3.69. The van der Waals surface area contributed by atoms with Crippen molar-refractivity contribution in [2.45, 2.75) is 51.4 Å². The second-order valence-corrected chi connectivity index (χ2v) is 6.38. The van der Waals surface area contributed by atoms with Gasteiger partial charge >= 0.3 is 0 Å². The lowest BCUT2D eigenvalue weighted by atomic mass is 10.0. The predicted octanol–water partition coefficient (Wildman–Crippen LogP) is 1.71. The summed E-state index contributed by atoms with van der Waals surface area (Å²) in [5.41, 5.74) is 2.38. The van der Waals surface area contributed by atoms with Gasteiger partial charge in [-0.25, -0.2) is 9.67 Å². The fourth-order valence-corrected chi connectivity index (χ4v) is 3.47. The van der Waals surface area contributed by atoms with Gasteiger partial charge in [-0.15, -0.1) is 0 Å². The highest BCUT2D eigenvalue weighted by Crippen LogP contribution is 2.35. The first-order valence-electron chi connectivity index (χ1n) is 8.19. The third-order valence-corrected chi connectivity index (χ3v) is 4.69. The number of aromatic nitrogens is 3. The molecule has 0 aliphatic carbocycles. The van der Waals surface area contributed by atoms with E-state index in [0.29, 0.717) is 6.04 Å². The molecule has 1 aromatic heterocycles. The molecule has 6 nitrogen and oxygen atoms in total. The normalized spacial score (nSPS) is 22.3. The number of nitrogens with zero attached hydrogens (tertiary/aromatic N) is 3. The van der Waals surface area contributed by atoms with Crippen LogP contribution in [0.2, 0.25) is 0 Å². The van der Waals surface area contributed by atoms with Gasteiger partial charge in [0.05, 0.1) is 13.7 Å². The fraction of sp³-hybridized carbons (Fsp3) is 0.529. The Hall–Kier alpha value is -2.08.